The minimum absolute atomic E-state index is 0.0714. The summed E-state index contributed by atoms with van der Waals surface area (Å²) in [5.74, 6) is 2.57. The summed E-state index contributed by atoms with van der Waals surface area (Å²) >= 11 is 0. The second kappa shape index (κ2) is 10.2. The van der Waals surface area contributed by atoms with Gasteiger partial charge in [-0.1, -0.05) is 0 Å². The Balaban J connectivity index is 1.56. The van der Waals surface area contributed by atoms with Crippen LogP contribution < -0.4 is 24.4 Å². The number of ether oxygens (including phenoxy) is 3. The van der Waals surface area contributed by atoms with Gasteiger partial charge in [0.15, 0.2) is 11.5 Å². The van der Waals surface area contributed by atoms with Gasteiger partial charge >= 0.3 is 0 Å². The highest BCUT2D eigenvalue weighted by atomic mass is 16.5. The van der Waals surface area contributed by atoms with Crippen LogP contribution in [0.1, 0.15) is 12.0 Å². The number of likely N-dealkylation sites (N-methyl/N-ethyl adjacent to an activating group) is 1. The Morgan fingerprint density at radius 2 is 1.70 bits per heavy atom. The minimum Gasteiger partial charge on any atom is -0.493 e. The number of hydrogen-bond acceptors (Lipinski definition) is 7. The molecule has 8 heteroatoms. The smallest absolute Gasteiger partial charge is 0.224 e. The second-order valence-electron chi connectivity index (χ2n) is 7.28. The molecule has 0 saturated carbocycles. The number of hydrogen-bond donors (Lipinski definition) is 1. The van der Waals surface area contributed by atoms with E-state index in [2.05, 4.69) is 27.1 Å². The molecule has 0 atom stereocenters. The molecule has 1 aliphatic rings. The maximum Gasteiger partial charge on any atom is 0.224 e. The molecule has 0 unspecified atom stereocenters. The molecule has 1 aliphatic heterocycles. The van der Waals surface area contributed by atoms with Gasteiger partial charge in [0.1, 0.15) is 5.82 Å². The number of rotatable bonds is 8. The lowest BCUT2D eigenvalue weighted by Crippen LogP contribution is -2.44. The second-order valence-corrected chi connectivity index (χ2v) is 7.28. The molecule has 0 spiro atoms. The number of methoxy groups -OCH3 is 3. The number of nitrogens with one attached hydrogen (secondary N) is 1. The van der Waals surface area contributed by atoms with Gasteiger partial charge in [-0.3, -0.25) is 4.79 Å². The first-order valence-corrected chi connectivity index (χ1v) is 10.0. The number of nitrogens with zero attached hydrogens (tertiary/aromatic N) is 3. The first-order valence-electron chi connectivity index (χ1n) is 10.0. The number of aromatic nitrogens is 1. The molecule has 0 aliphatic carbocycles. The fourth-order valence-electron chi connectivity index (χ4n) is 3.44. The van der Waals surface area contributed by atoms with E-state index in [1.807, 2.05) is 24.3 Å². The van der Waals surface area contributed by atoms with Crippen LogP contribution in [0.5, 0.6) is 17.2 Å². The van der Waals surface area contributed by atoms with E-state index in [1.165, 1.54) is 0 Å². The summed E-state index contributed by atoms with van der Waals surface area (Å²) in [6, 6.07) is 7.58. The van der Waals surface area contributed by atoms with Gasteiger partial charge < -0.3 is 29.3 Å². The van der Waals surface area contributed by atoms with Crippen molar-refractivity contribution in [2.75, 3.05) is 64.8 Å². The van der Waals surface area contributed by atoms with Crippen LogP contribution in [-0.4, -0.2) is 70.3 Å². The molecule has 1 amide bonds. The van der Waals surface area contributed by atoms with Gasteiger partial charge in [-0.15, -0.1) is 0 Å². The van der Waals surface area contributed by atoms with E-state index in [1.54, 1.807) is 27.5 Å². The lowest BCUT2D eigenvalue weighted by molar-refractivity contribution is -0.116. The predicted octanol–water partition coefficient (Wildman–Crippen LogP) is 2.43. The molecule has 1 fully saturated rings. The zero-order valence-corrected chi connectivity index (χ0v) is 18.1. The van der Waals surface area contributed by atoms with Gasteiger partial charge in [0, 0.05) is 32.6 Å². The Bertz CT molecular complexity index is 824. The number of amides is 1. The van der Waals surface area contributed by atoms with Crippen molar-refractivity contribution in [2.45, 2.75) is 12.8 Å². The van der Waals surface area contributed by atoms with E-state index in [-0.39, 0.29) is 5.91 Å². The molecule has 3 rings (SSSR count). The molecule has 0 bridgehead atoms. The third-order valence-electron chi connectivity index (χ3n) is 5.22. The summed E-state index contributed by atoms with van der Waals surface area (Å²) < 4.78 is 16.1. The average molecular weight is 415 g/mol. The van der Waals surface area contributed by atoms with Crippen LogP contribution in [-0.2, 0) is 11.2 Å². The van der Waals surface area contributed by atoms with Crippen molar-refractivity contribution in [3.05, 3.63) is 36.0 Å². The van der Waals surface area contributed by atoms with E-state index < -0.39 is 0 Å². The molecule has 1 aromatic carbocycles. The maximum atomic E-state index is 12.4. The Hall–Kier alpha value is -3.00. The molecule has 8 nitrogen and oxygen atoms in total. The zero-order valence-electron chi connectivity index (χ0n) is 18.1. The highest BCUT2D eigenvalue weighted by Gasteiger charge is 2.16. The number of benzene rings is 1. The van der Waals surface area contributed by atoms with E-state index >= 15 is 0 Å². The molecule has 0 radical (unpaired) electrons. The van der Waals surface area contributed by atoms with Crippen molar-refractivity contribution in [1.29, 1.82) is 0 Å². The molecular formula is C22H30N4O4. The molecule has 1 aromatic heterocycles. The fraction of sp³-hybridized carbons (Fsp3) is 0.455. The largest absolute Gasteiger partial charge is 0.493 e. The Labute approximate surface area is 177 Å². The van der Waals surface area contributed by atoms with Crippen LogP contribution in [0.4, 0.5) is 11.5 Å². The molecule has 30 heavy (non-hydrogen) atoms. The van der Waals surface area contributed by atoms with Crippen molar-refractivity contribution < 1.29 is 19.0 Å². The SMILES string of the molecule is COc1cc(CCC(=O)Nc2ccc(N3CCN(C)CC3)nc2)cc(OC)c1OC. The number of aryl methyl sites for hydroxylation is 1. The minimum atomic E-state index is -0.0714. The molecule has 2 heterocycles. The van der Waals surface area contributed by atoms with Crippen LogP contribution in [0.3, 0.4) is 0 Å². The van der Waals surface area contributed by atoms with Gasteiger partial charge in [0.25, 0.3) is 0 Å². The van der Waals surface area contributed by atoms with Crippen LogP contribution in [0.2, 0.25) is 0 Å². The molecule has 2 aromatic rings. The van der Waals surface area contributed by atoms with E-state index in [0.717, 1.165) is 37.6 Å². The van der Waals surface area contributed by atoms with Crippen molar-refractivity contribution in [1.82, 2.24) is 9.88 Å². The van der Waals surface area contributed by atoms with Gasteiger partial charge in [-0.2, -0.15) is 0 Å². The summed E-state index contributed by atoms with van der Waals surface area (Å²) in [5, 5.41) is 2.91. The molecule has 162 valence electrons. The zero-order chi connectivity index (χ0) is 21.5. The Morgan fingerprint density at radius 1 is 1.03 bits per heavy atom. The first kappa shape index (κ1) is 21.7. The van der Waals surface area contributed by atoms with Crippen molar-refractivity contribution in [3.8, 4) is 17.2 Å². The van der Waals surface area contributed by atoms with E-state index in [0.29, 0.717) is 35.8 Å². The predicted molar refractivity (Wildman–Crippen MR) is 117 cm³/mol. The molecule has 1 saturated heterocycles. The van der Waals surface area contributed by atoms with Crippen LogP contribution in [0.25, 0.3) is 0 Å². The normalized spacial score (nSPS) is 14.3. The summed E-state index contributed by atoms with van der Waals surface area (Å²) in [6.07, 6.45) is 2.60. The number of carbonyl (C=O) groups is 1. The summed E-state index contributed by atoms with van der Waals surface area (Å²) in [5.41, 5.74) is 1.63. The summed E-state index contributed by atoms with van der Waals surface area (Å²) in [4.78, 5) is 21.5. The van der Waals surface area contributed by atoms with Crippen molar-refractivity contribution >= 4 is 17.4 Å². The van der Waals surface area contributed by atoms with Gasteiger partial charge in [0.05, 0.1) is 33.2 Å². The topological polar surface area (TPSA) is 76.2 Å². The third-order valence-corrected chi connectivity index (χ3v) is 5.22. The van der Waals surface area contributed by atoms with Gasteiger partial charge in [0.2, 0.25) is 11.7 Å². The van der Waals surface area contributed by atoms with E-state index in [4.69, 9.17) is 14.2 Å². The third kappa shape index (κ3) is 5.33. The number of anilines is 2. The Kier molecular flexibility index (Phi) is 7.35. The van der Waals surface area contributed by atoms with Gasteiger partial charge in [-0.25, -0.2) is 4.98 Å². The van der Waals surface area contributed by atoms with Crippen molar-refractivity contribution in [3.63, 3.8) is 0 Å². The Morgan fingerprint density at radius 3 is 2.23 bits per heavy atom. The van der Waals surface area contributed by atoms with Crippen LogP contribution in [0.15, 0.2) is 30.5 Å². The number of pyridine rings is 1. The quantitative estimate of drug-likeness (QED) is 0.711. The van der Waals surface area contributed by atoms with Crippen LogP contribution >= 0.6 is 0 Å². The van der Waals surface area contributed by atoms with Crippen LogP contribution in [0, 0.1) is 0 Å². The monoisotopic (exact) mass is 414 g/mol. The first-order chi connectivity index (χ1) is 14.5. The highest BCUT2D eigenvalue weighted by Crippen LogP contribution is 2.38. The summed E-state index contributed by atoms with van der Waals surface area (Å²) in [6.45, 7) is 3.98. The van der Waals surface area contributed by atoms with Gasteiger partial charge in [-0.05, 0) is 43.3 Å². The highest BCUT2D eigenvalue weighted by molar-refractivity contribution is 5.90. The maximum absolute atomic E-state index is 12.4. The van der Waals surface area contributed by atoms with Crippen molar-refractivity contribution in [2.24, 2.45) is 0 Å². The number of piperazine rings is 1. The summed E-state index contributed by atoms with van der Waals surface area (Å²) in [7, 11) is 6.84. The molecule has 1 N–H and O–H groups in total. The fourth-order valence-corrected chi connectivity index (χ4v) is 3.44. The lowest BCUT2D eigenvalue weighted by Gasteiger charge is -2.33. The van der Waals surface area contributed by atoms with E-state index in [9.17, 15) is 4.79 Å². The number of carbonyl (C=O) groups excluding carboxylic acids is 1. The molecular weight excluding hydrogens is 384 g/mol. The lowest BCUT2D eigenvalue weighted by atomic mass is 10.1. The standard InChI is InChI=1S/C22H30N4O4/c1-25-9-11-26(12-10-25)20-7-6-17(15-23-20)24-21(27)8-5-16-13-18(28-2)22(30-4)19(14-16)29-3/h6-7,13-15H,5,8-12H2,1-4H3,(H,24,27). The average Bonchev–Trinajstić information content (AvgIpc) is 2.78.